The summed E-state index contributed by atoms with van der Waals surface area (Å²) in [6.45, 7) is 23.0. The van der Waals surface area contributed by atoms with Gasteiger partial charge in [-0.3, -0.25) is 0 Å². The van der Waals surface area contributed by atoms with Crippen LogP contribution >= 0.6 is 0 Å². The molecule has 0 heterocycles. The van der Waals surface area contributed by atoms with Crippen molar-refractivity contribution in [2.75, 3.05) is 0 Å². The summed E-state index contributed by atoms with van der Waals surface area (Å²) in [7, 11) is 0. The summed E-state index contributed by atoms with van der Waals surface area (Å²) in [5.74, 6) is 3.71. The molecule has 1 heteroatoms. The van der Waals surface area contributed by atoms with Gasteiger partial charge in [0.25, 0.3) is 0 Å². The van der Waals surface area contributed by atoms with Crippen LogP contribution in [0.15, 0.2) is 12.1 Å². The van der Waals surface area contributed by atoms with E-state index in [0.29, 0.717) is 11.8 Å². The molecule has 0 aromatic heterocycles. The Balaban J connectivity index is 2.69. The van der Waals surface area contributed by atoms with Gasteiger partial charge in [-0.1, -0.05) is 67.5 Å². The minimum atomic E-state index is 0.711. The summed E-state index contributed by atoms with van der Waals surface area (Å²) in [5.41, 5.74) is 11.5. The topological polar surface area (TPSA) is 9.23 Å². The van der Waals surface area contributed by atoms with E-state index >= 15 is 0 Å². The average Bonchev–Trinajstić information content (AvgIpc) is 2.77. The molecule has 184 valence electrons. The third kappa shape index (κ3) is 6.65. The molecule has 0 aliphatic carbocycles. The number of aryl methyl sites for hydroxylation is 4. The lowest BCUT2D eigenvalue weighted by molar-refractivity contribution is 0.456. The lowest BCUT2D eigenvalue weighted by atomic mass is 9.88. The molecule has 0 aliphatic heterocycles. The highest BCUT2D eigenvalue weighted by Gasteiger charge is 2.21. The number of hydrogen-bond acceptors (Lipinski definition) is 1. The van der Waals surface area contributed by atoms with Gasteiger partial charge in [0.2, 0.25) is 0 Å². The molecule has 33 heavy (non-hydrogen) atoms. The Morgan fingerprint density at radius 1 is 0.576 bits per heavy atom. The molecular weight excluding hydrogens is 400 g/mol. The normalized spacial score (nSPS) is 11.6. The number of ether oxygens (including phenoxy) is 1. The molecule has 0 spiro atoms. The average molecular weight is 451 g/mol. The molecule has 2 aromatic rings. The minimum absolute atomic E-state index is 0.711. The Bertz CT molecular complexity index is 842. The van der Waals surface area contributed by atoms with E-state index in [1.165, 1.54) is 57.3 Å². The Morgan fingerprint density at radius 3 is 1.21 bits per heavy atom. The quantitative estimate of drug-likeness (QED) is 0.313. The summed E-state index contributed by atoms with van der Waals surface area (Å²) in [5, 5.41) is 0. The maximum absolute atomic E-state index is 7.07. The molecule has 1 nitrogen and oxygen atoms in total. The minimum Gasteiger partial charge on any atom is -0.456 e. The van der Waals surface area contributed by atoms with E-state index in [9.17, 15) is 0 Å². The molecule has 0 unspecified atom stereocenters. The SMILES string of the molecule is CCc1cc(C)c(CCC(C)C)c(CC)c1Oc1c(CC)cc(C)c(CCC(C)C)c1CC. The van der Waals surface area contributed by atoms with Crippen LogP contribution in [-0.4, -0.2) is 0 Å². The first-order valence-electron chi connectivity index (χ1n) is 13.6. The second-order valence-electron chi connectivity index (χ2n) is 10.7. The molecule has 0 saturated heterocycles. The van der Waals surface area contributed by atoms with Crippen molar-refractivity contribution < 1.29 is 4.74 Å². The maximum atomic E-state index is 7.07. The molecule has 0 radical (unpaired) electrons. The van der Waals surface area contributed by atoms with Gasteiger partial charge in [-0.25, -0.2) is 0 Å². The molecule has 2 rings (SSSR count). The lowest BCUT2D eigenvalue weighted by Crippen LogP contribution is -2.09. The Morgan fingerprint density at radius 2 is 0.939 bits per heavy atom. The van der Waals surface area contributed by atoms with Crippen molar-refractivity contribution in [2.45, 2.75) is 121 Å². The highest BCUT2D eigenvalue weighted by molar-refractivity contribution is 5.57. The molecule has 0 fully saturated rings. The highest BCUT2D eigenvalue weighted by Crippen LogP contribution is 2.40. The molecule has 0 aliphatic rings. The van der Waals surface area contributed by atoms with Crippen LogP contribution < -0.4 is 4.74 Å². The van der Waals surface area contributed by atoms with Crippen molar-refractivity contribution in [3.63, 3.8) is 0 Å². The second kappa shape index (κ2) is 12.6. The fraction of sp³-hybridized carbons (Fsp3) is 0.625. The largest absolute Gasteiger partial charge is 0.456 e. The van der Waals surface area contributed by atoms with Crippen molar-refractivity contribution >= 4 is 0 Å². The summed E-state index contributed by atoms with van der Waals surface area (Å²) in [6.07, 6.45) is 8.78. The molecule has 0 atom stereocenters. The Kier molecular flexibility index (Phi) is 10.5. The van der Waals surface area contributed by atoms with Crippen LogP contribution in [0.2, 0.25) is 0 Å². The van der Waals surface area contributed by atoms with Crippen molar-refractivity contribution in [3.05, 3.63) is 56.6 Å². The van der Waals surface area contributed by atoms with E-state index in [4.69, 9.17) is 4.74 Å². The zero-order valence-corrected chi connectivity index (χ0v) is 23.4. The van der Waals surface area contributed by atoms with Gasteiger partial charge in [0, 0.05) is 0 Å². The first-order chi connectivity index (χ1) is 15.7. The van der Waals surface area contributed by atoms with E-state index in [1.807, 2.05) is 0 Å². The van der Waals surface area contributed by atoms with Crippen molar-refractivity contribution in [1.82, 2.24) is 0 Å². The van der Waals surface area contributed by atoms with Crippen LogP contribution in [-0.2, 0) is 38.5 Å². The zero-order chi connectivity index (χ0) is 24.7. The Labute approximate surface area is 205 Å². The predicted octanol–water partition coefficient (Wildman–Crippen LogP) is 9.52. The first kappa shape index (κ1) is 27.5. The summed E-state index contributed by atoms with van der Waals surface area (Å²) in [6, 6.07) is 4.80. The van der Waals surface area contributed by atoms with E-state index in [2.05, 4.69) is 81.4 Å². The van der Waals surface area contributed by atoms with Crippen LogP contribution in [0, 0.1) is 25.7 Å². The maximum Gasteiger partial charge on any atom is 0.134 e. The first-order valence-corrected chi connectivity index (χ1v) is 13.6. The van der Waals surface area contributed by atoms with Crippen LogP contribution in [0.25, 0.3) is 0 Å². The van der Waals surface area contributed by atoms with Gasteiger partial charge >= 0.3 is 0 Å². The van der Waals surface area contributed by atoms with Crippen LogP contribution in [0.4, 0.5) is 0 Å². The zero-order valence-electron chi connectivity index (χ0n) is 23.4. The predicted molar refractivity (Wildman–Crippen MR) is 146 cm³/mol. The third-order valence-corrected chi connectivity index (χ3v) is 7.21. The van der Waals surface area contributed by atoms with Gasteiger partial charge in [0.1, 0.15) is 11.5 Å². The van der Waals surface area contributed by atoms with Gasteiger partial charge in [-0.15, -0.1) is 0 Å². The molecule has 0 N–H and O–H groups in total. The van der Waals surface area contributed by atoms with E-state index in [0.717, 1.165) is 50.0 Å². The third-order valence-electron chi connectivity index (χ3n) is 7.21. The molecular formula is C32H50O. The molecule has 0 bridgehead atoms. The highest BCUT2D eigenvalue weighted by atomic mass is 16.5. The van der Waals surface area contributed by atoms with Gasteiger partial charge in [0.15, 0.2) is 0 Å². The summed E-state index contributed by atoms with van der Waals surface area (Å²) in [4.78, 5) is 0. The molecule has 0 saturated carbocycles. The number of benzene rings is 2. The Hall–Kier alpha value is -1.76. The van der Waals surface area contributed by atoms with Gasteiger partial charge in [0.05, 0.1) is 0 Å². The number of hydrogen-bond donors (Lipinski definition) is 0. The van der Waals surface area contributed by atoms with Crippen molar-refractivity contribution in [1.29, 1.82) is 0 Å². The van der Waals surface area contributed by atoms with E-state index in [-0.39, 0.29) is 0 Å². The van der Waals surface area contributed by atoms with Gasteiger partial charge in [-0.05, 0) is 122 Å². The number of rotatable bonds is 12. The monoisotopic (exact) mass is 450 g/mol. The van der Waals surface area contributed by atoms with Crippen molar-refractivity contribution in [2.24, 2.45) is 11.8 Å². The van der Waals surface area contributed by atoms with Gasteiger partial charge < -0.3 is 4.74 Å². The van der Waals surface area contributed by atoms with E-state index < -0.39 is 0 Å². The van der Waals surface area contributed by atoms with Crippen LogP contribution in [0.5, 0.6) is 11.5 Å². The van der Waals surface area contributed by atoms with Gasteiger partial charge in [-0.2, -0.15) is 0 Å². The van der Waals surface area contributed by atoms with E-state index in [1.54, 1.807) is 0 Å². The molecule has 0 amide bonds. The van der Waals surface area contributed by atoms with Crippen molar-refractivity contribution in [3.8, 4) is 11.5 Å². The molecule has 2 aromatic carbocycles. The summed E-state index contributed by atoms with van der Waals surface area (Å²) >= 11 is 0. The fourth-order valence-corrected chi connectivity index (χ4v) is 5.16. The van der Waals surface area contributed by atoms with Crippen LogP contribution in [0.3, 0.4) is 0 Å². The fourth-order valence-electron chi connectivity index (χ4n) is 5.16. The lowest BCUT2D eigenvalue weighted by Gasteiger charge is -2.25. The second-order valence-corrected chi connectivity index (χ2v) is 10.7. The smallest absolute Gasteiger partial charge is 0.134 e. The standard InChI is InChI=1S/C32H50O/c1-11-25-19-23(9)29(17-15-21(5)6)27(13-3)31(25)33-32-26(12-2)20-24(10)30(28(32)14-4)18-16-22(7)8/h19-22H,11-18H2,1-10H3. The van der Waals surface area contributed by atoms with Crippen LogP contribution in [0.1, 0.15) is 113 Å². The summed E-state index contributed by atoms with van der Waals surface area (Å²) < 4.78 is 7.07.